The van der Waals surface area contributed by atoms with Crippen molar-refractivity contribution in [3.8, 4) is 0 Å². The van der Waals surface area contributed by atoms with Crippen molar-refractivity contribution in [2.75, 3.05) is 0 Å². The fourth-order valence-electron chi connectivity index (χ4n) is 2.64. The number of aryl methyl sites for hydroxylation is 1. The van der Waals surface area contributed by atoms with Crippen molar-refractivity contribution in [1.29, 1.82) is 0 Å². The van der Waals surface area contributed by atoms with Crippen LogP contribution in [0.15, 0.2) is 59.2 Å². The minimum absolute atomic E-state index is 0.0314. The van der Waals surface area contributed by atoms with Crippen molar-refractivity contribution in [3.05, 3.63) is 70.3 Å². The Labute approximate surface area is 138 Å². The second kappa shape index (κ2) is 5.97. The Morgan fingerprint density at radius 3 is 2.64 bits per heavy atom. The lowest BCUT2D eigenvalue weighted by Gasteiger charge is -2.13. The van der Waals surface area contributed by atoms with E-state index in [4.69, 9.17) is 0 Å². The zero-order valence-corrected chi connectivity index (χ0v) is 14.1. The van der Waals surface area contributed by atoms with Gasteiger partial charge in [0.15, 0.2) is 0 Å². The van der Waals surface area contributed by atoms with Gasteiger partial charge < -0.3 is 9.88 Å². The number of aromatic nitrogens is 1. The standard InChI is InChI=1S/C18H17BrN2O/c1-12(13-6-4-3-5-7-13)20-18(22)16-11-21(2)17-9-8-14(19)10-15(16)17/h3-12H,1-2H3,(H,20,22). The van der Waals surface area contributed by atoms with E-state index in [1.807, 2.05) is 73.3 Å². The third-order valence-electron chi connectivity index (χ3n) is 3.84. The smallest absolute Gasteiger partial charge is 0.253 e. The van der Waals surface area contributed by atoms with Gasteiger partial charge in [0.1, 0.15) is 0 Å². The van der Waals surface area contributed by atoms with Crippen LogP contribution < -0.4 is 5.32 Å². The highest BCUT2D eigenvalue weighted by Gasteiger charge is 2.16. The first-order valence-corrected chi connectivity index (χ1v) is 7.96. The average molecular weight is 357 g/mol. The van der Waals surface area contributed by atoms with Crippen LogP contribution in [0.25, 0.3) is 10.9 Å². The fourth-order valence-corrected chi connectivity index (χ4v) is 3.01. The summed E-state index contributed by atoms with van der Waals surface area (Å²) < 4.78 is 2.94. The predicted molar refractivity (Wildman–Crippen MR) is 92.9 cm³/mol. The average Bonchev–Trinajstić information content (AvgIpc) is 2.84. The molecule has 22 heavy (non-hydrogen) atoms. The third-order valence-corrected chi connectivity index (χ3v) is 4.34. The number of halogens is 1. The van der Waals surface area contributed by atoms with E-state index in [9.17, 15) is 4.79 Å². The van der Waals surface area contributed by atoms with Crippen LogP contribution in [0.2, 0.25) is 0 Å². The normalized spacial score (nSPS) is 12.3. The second-order valence-corrected chi connectivity index (χ2v) is 6.34. The van der Waals surface area contributed by atoms with Gasteiger partial charge in [-0.2, -0.15) is 0 Å². The first kappa shape index (κ1) is 14.9. The Hall–Kier alpha value is -2.07. The maximum absolute atomic E-state index is 12.6. The van der Waals surface area contributed by atoms with E-state index in [0.29, 0.717) is 5.56 Å². The van der Waals surface area contributed by atoms with Crippen molar-refractivity contribution in [2.45, 2.75) is 13.0 Å². The summed E-state index contributed by atoms with van der Waals surface area (Å²) in [6, 6.07) is 15.9. The molecule has 4 heteroatoms. The molecule has 0 saturated heterocycles. The number of carbonyl (C=O) groups excluding carboxylic acids is 1. The van der Waals surface area contributed by atoms with Gasteiger partial charge in [0.05, 0.1) is 11.6 Å². The van der Waals surface area contributed by atoms with E-state index in [1.165, 1.54) is 0 Å². The summed E-state index contributed by atoms with van der Waals surface area (Å²) in [5.41, 5.74) is 2.83. The SMILES string of the molecule is CC(NC(=O)c1cn(C)c2ccc(Br)cc12)c1ccccc1. The van der Waals surface area contributed by atoms with Crippen molar-refractivity contribution in [3.63, 3.8) is 0 Å². The maximum atomic E-state index is 12.6. The number of amides is 1. The van der Waals surface area contributed by atoms with E-state index >= 15 is 0 Å². The summed E-state index contributed by atoms with van der Waals surface area (Å²) in [6.45, 7) is 1.99. The zero-order chi connectivity index (χ0) is 15.7. The van der Waals surface area contributed by atoms with Gasteiger partial charge in [-0.25, -0.2) is 0 Å². The van der Waals surface area contributed by atoms with Crippen molar-refractivity contribution in [2.24, 2.45) is 7.05 Å². The summed E-state index contributed by atoms with van der Waals surface area (Å²) in [4.78, 5) is 12.6. The predicted octanol–water partition coefficient (Wildman–Crippen LogP) is 4.43. The van der Waals surface area contributed by atoms with E-state index < -0.39 is 0 Å². The van der Waals surface area contributed by atoms with Crippen LogP contribution in [0.1, 0.15) is 28.9 Å². The molecule has 2 aromatic carbocycles. The largest absolute Gasteiger partial charge is 0.350 e. The quantitative estimate of drug-likeness (QED) is 0.739. The van der Waals surface area contributed by atoms with Crippen LogP contribution in [0, 0.1) is 0 Å². The lowest BCUT2D eigenvalue weighted by atomic mass is 10.1. The van der Waals surface area contributed by atoms with Crippen LogP contribution in [-0.2, 0) is 7.05 Å². The van der Waals surface area contributed by atoms with E-state index in [2.05, 4.69) is 21.2 Å². The molecule has 3 nitrogen and oxygen atoms in total. The Kier molecular flexibility index (Phi) is 4.03. The van der Waals surface area contributed by atoms with E-state index in [1.54, 1.807) is 0 Å². The van der Waals surface area contributed by atoms with E-state index in [-0.39, 0.29) is 11.9 Å². The molecule has 1 N–H and O–H groups in total. The minimum Gasteiger partial charge on any atom is -0.350 e. The number of hydrogen-bond acceptors (Lipinski definition) is 1. The number of nitrogens with zero attached hydrogens (tertiary/aromatic N) is 1. The maximum Gasteiger partial charge on any atom is 0.253 e. The Bertz CT molecular complexity index is 824. The van der Waals surface area contributed by atoms with Crippen LogP contribution in [0.4, 0.5) is 0 Å². The molecule has 0 fully saturated rings. The van der Waals surface area contributed by atoms with Gasteiger partial charge in [-0.3, -0.25) is 4.79 Å². The molecule has 0 bridgehead atoms. The second-order valence-electron chi connectivity index (χ2n) is 5.42. The molecule has 112 valence electrons. The van der Waals surface area contributed by atoms with Crippen molar-refractivity contribution >= 4 is 32.7 Å². The summed E-state index contributed by atoms with van der Waals surface area (Å²) in [5, 5.41) is 4.02. The fraction of sp³-hybridized carbons (Fsp3) is 0.167. The monoisotopic (exact) mass is 356 g/mol. The molecule has 0 aliphatic carbocycles. The molecule has 3 rings (SSSR count). The summed E-state index contributed by atoms with van der Waals surface area (Å²) >= 11 is 3.47. The van der Waals surface area contributed by atoms with Crippen LogP contribution in [0.5, 0.6) is 0 Å². The molecule has 0 aliphatic heterocycles. The lowest BCUT2D eigenvalue weighted by molar-refractivity contribution is 0.0941. The highest BCUT2D eigenvalue weighted by atomic mass is 79.9. The molecule has 3 aromatic rings. The van der Waals surface area contributed by atoms with Crippen LogP contribution >= 0.6 is 15.9 Å². The summed E-state index contributed by atoms with van der Waals surface area (Å²) in [7, 11) is 1.95. The molecule has 1 unspecified atom stereocenters. The number of benzene rings is 2. The zero-order valence-electron chi connectivity index (χ0n) is 12.5. The van der Waals surface area contributed by atoms with Gasteiger partial charge in [-0.15, -0.1) is 0 Å². The number of hydrogen-bond donors (Lipinski definition) is 1. The number of nitrogens with one attached hydrogen (secondary N) is 1. The molecule has 1 amide bonds. The van der Waals surface area contributed by atoms with Gasteiger partial charge >= 0.3 is 0 Å². The Morgan fingerprint density at radius 2 is 1.91 bits per heavy atom. The van der Waals surface area contributed by atoms with Gasteiger partial charge in [0.2, 0.25) is 0 Å². The Balaban J connectivity index is 1.91. The molecule has 0 radical (unpaired) electrons. The highest BCUT2D eigenvalue weighted by molar-refractivity contribution is 9.10. The summed E-state index contributed by atoms with van der Waals surface area (Å²) in [5.74, 6) is -0.0555. The van der Waals surface area contributed by atoms with Gasteiger partial charge in [-0.05, 0) is 30.7 Å². The van der Waals surface area contributed by atoms with Crippen molar-refractivity contribution in [1.82, 2.24) is 9.88 Å². The molecule has 0 saturated carbocycles. The van der Waals surface area contributed by atoms with Gasteiger partial charge in [-0.1, -0.05) is 46.3 Å². The van der Waals surface area contributed by atoms with Crippen molar-refractivity contribution < 1.29 is 4.79 Å². The first-order valence-electron chi connectivity index (χ1n) is 7.16. The first-order chi connectivity index (χ1) is 10.6. The molecular formula is C18H17BrN2O. The molecule has 1 aromatic heterocycles. The summed E-state index contributed by atoms with van der Waals surface area (Å²) in [6.07, 6.45) is 1.88. The topological polar surface area (TPSA) is 34.0 Å². The van der Waals surface area contributed by atoms with E-state index in [0.717, 1.165) is 20.9 Å². The van der Waals surface area contributed by atoms with Crippen LogP contribution in [0.3, 0.4) is 0 Å². The molecule has 0 spiro atoms. The molecule has 1 atom stereocenters. The number of fused-ring (bicyclic) bond motifs is 1. The number of carbonyl (C=O) groups is 1. The molecule has 0 aliphatic rings. The highest BCUT2D eigenvalue weighted by Crippen LogP contribution is 2.25. The lowest BCUT2D eigenvalue weighted by Crippen LogP contribution is -2.26. The number of rotatable bonds is 3. The molecule has 1 heterocycles. The van der Waals surface area contributed by atoms with Gasteiger partial charge in [0, 0.05) is 28.6 Å². The molecular weight excluding hydrogens is 340 g/mol. The minimum atomic E-state index is -0.0555. The third kappa shape index (κ3) is 2.79. The Morgan fingerprint density at radius 1 is 1.18 bits per heavy atom. The van der Waals surface area contributed by atoms with Gasteiger partial charge in [0.25, 0.3) is 5.91 Å². The van der Waals surface area contributed by atoms with Crippen LogP contribution in [-0.4, -0.2) is 10.5 Å².